The minimum Gasteiger partial charge on any atom is -0.478 e. The molecule has 1 fully saturated rings. The first kappa shape index (κ1) is 15.9. The SMILES string of the molecule is CNCc1ccc(OCCCN2CCN(I)CC2)nc1. The maximum Gasteiger partial charge on any atom is 0.213 e. The number of halogens is 1. The molecule has 5 nitrogen and oxygen atoms in total. The minimum atomic E-state index is 0.724. The standard InChI is InChI=1S/C14H23IN4O/c1-16-11-13-3-4-14(17-12-13)20-10-2-5-18-6-8-19(15)9-7-18/h3-4,12,16H,2,5-11H2,1H3. The second-order valence-electron chi connectivity index (χ2n) is 4.99. The third-order valence-corrected chi connectivity index (χ3v) is 4.33. The fourth-order valence-corrected chi connectivity index (χ4v) is 2.65. The number of piperazine rings is 1. The van der Waals surface area contributed by atoms with Gasteiger partial charge in [-0.3, -0.25) is 0 Å². The first-order valence-electron chi connectivity index (χ1n) is 7.13. The lowest BCUT2D eigenvalue weighted by atomic mass is 10.3. The number of aromatic nitrogens is 1. The molecule has 112 valence electrons. The highest BCUT2D eigenvalue weighted by Gasteiger charge is 2.13. The Hall–Kier alpha value is -0.440. The third-order valence-electron chi connectivity index (χ3n) is 3.36. The average molecular weight is 390 g/mol. The Morgan fingerprint density at radius 3 is 2.75 bits per heavy atom. The number of hydrogen-bond acceptors (Lipinski definition) is 5. The molecule has 6 heteroatoms. The van der Waals surface area contributed by atoms with Gasteiger partial charge in [0.15, 0.2) is 0 Å². The molecule has 1 N–H and O–H groups in total. The molecule has 0 spiro atoms. The number of hydrogen-bond donors (Lipinski definition) is 1. The Morgan fingerprint density at radius 2 is 2.10 bits per heavy atom. The van der Waals surface area contributed by atoms with Crippen LogP contribution in [0, 0.1) is 0 Å². The molecule has 0 aromatic carbocycles. The van der Waals surface area contributed by atoms with E-state index in [-0.39, 0.29) is 0 Å². The Balaban J connectivity index is 1.60. The van der Waals surface area contributed by atoms with Gasteiger partial charge < -0.3 is 15.0 Å². The van der Waals surface area contributed by atoms with Crippen molar-refractivity contribution in [2.24, 2.45) is 0 Å². The molecule has 1 aliphatic heterocycles. The van der Waals surface area contributed by atoms with Crippen molar-refractivity contribution in [3.8, 4) is 5.88 Å². The van der Waals surface area contributed by atoms with Crippen molar-refractivity contribution in [1.29, 1.82) is 0 Å². The monoisotopic (exact) mass is 390 g/mol. The van der Waals surface area contributed by atoms with Gasteiger partial charge in [0.2, 0.25) is 5.88 Å². The van der Waals surface area contributed by atoms with E-state index in [9.17, 15) is 0 Å². The summed E-state index contributed by atoms with van der Waals surface area (Å²) in [6, 6.07) is 4.00. The second-order valence-corrected chi connectivity index (χ2v) is 6.35. The molecule has 1 saturated heterocycles. The molecule has 0 unspecified atom stereocenters. The summed E-state index contributed by atoms with van der Waals surface area (Å²) in [5.74, 6) is 0.724. The summed E-state index contributed by atoms with van der Waals surface area (Å²) in [6.45, 7) is 7.35. The van der Waals surface area contributed by atoms with Gasteiger partial charge in [-0.1, -0.05) is 6.07 Å². The quantitative estimate of drug-likeness (QED) is 0.435. The fraction of sp³-hybridized carbons (Fsp3) is 0.643. The van der Waals surface area contributed by atoms with Crippen molar-refractivity contribution in [1.82, 2.24) is 18.3 Å². The van der Waals surface area contributed by atoms with Crippen molar-refractivity contribution >= 4 is 22.9 Å². The first-order valence-corrected chi connectivity index (χ1v) is 8.10. The lowest BCUT2D eigenvalue weighted by Crippen LogP contribution is -2.42. The molecule has 20 heavy (non-hydrogen) atoms. The smallest absolute Gasteiger partial charge is 0.213 e. The second kappa shape index (κ2) is 8.76. The van der Waals surface area contributed by atoms with Gasteiger partial charge in [-0.25, -0.2) is 8.10 Å². The largest absolute Gasteiger partial charge is 0.478 e. The van der Waals surface area contributed by atoms with Crippen LogP contribution in [0.1, 0.15) is 12.0 Å². The molecule has 0 saturated carbocycles. The van der Waals surface area contributed by atoms with Gasteiger partial charge in [-0.15, -0.1) is 0 Å². The number of nitrogens with one attached hydrogen (secondary N) is 1. The highest BCUT2D eigenvalue weighted by molar-refractivity contribution is 14.1. The van der Waals surface area contributed by atoms with Crippen LogP contribution in [0.3, 0.4) is 0 Å². The molecule has 2 heterocycles. The van der Waals surface area contributed by atoms with Gasteiger partial charge >= 0.3 is 0 Å². The summed E-state index contributed by atoms with van der Waals surface area (Å²) in [4.78, 5) is 6.81. The molecule has 1 aliphatic rings. The maximum atomic E-state index is 5.68. The van der Waals surface area contributed by atoms with Gasteiger partial charge in [-0.05, 0) is 19.0 Å². The van der Waals surface area contributed by atoms with Crippen molar-refractivity contribution in [2.75, 3.05) is 46.4 Å². The summed E-state index contributed by atoms with van der Waals surface area (Å²) >= 11 is 2.40. The Kier molecular flexibility index (Phi) is 6.98. The zero-order valence-corrected chi connectivity index (χ0v) is 14.2. The van der Waals surface area contributed by atoms with Gasteiger partial charge in [0.05, 0.1) is 6.61 Å². The molecule has 1 aromatic rings. The van der Waals surface area contributed by atoms with E-state index in [1.165, 1.54) is 18.7 Å². The molecule has 1 aromatic heterocycles. The van der Waals surface area contributed by atoms with Gasteiger partial charge in [-0.2, -0.15) is 0 Å². The predicted octanol–water partition coefficient (Wildman–Crippen LogP) is 1.54. The summed E-state index contributed by atoms with van der Waals surface area (Å²) in [7, 11) is 1.93. The number of pyridine rings is 1. The van der Waals surface area contributed by atoms with Gasteiger partial charge in [0.1, 0.15) is 0 Å². The van der Waals surface area contributed by atoms with Crippen LogP contribution in [-0.4, -0.2) is 59.4 Å². The minimum absolute atomic E-state index is 0.724. The highest BCUT2D eigenvalue weighted by atomic mass is 127. The number of nitrogens with zero attached hydrogens (tertiary/aromatic N) is 3. The van der Waals surface area contributed by atoms with Crippen LogP contribution in [0.25, 0.3) is 0 Å². The van der Waals surface area contributed by atoms with Crippen LogP contribution in [-0.2, 0) is 6.54 Å². The molecule has 0 radical (unpaired) electrons. The van der Waals surface area contributed by atoms with Crippen LogP contribution < -0.4 is 10.1 Å². The molecule has 0 bridgehead atoms. The fourth-order valence-electron chi connectivity index (χ4n) is 2.22. The molecule has 0 atom stereocenters. The molecule has 0 aliphatic carbocycles. The Morgan fingerprint density at radius 1 is 1.30 bits per heavy atom. The summed E-state index contributed by atoms with van der Waals surface area (Å²) in [6.07, 6.45) is 2.92. The van der Waals surface area contributed by atoms with Crippen LogP contribution >= 0.6 is 22.9 Å². The van der Waals surface area contributed by atoms with Crippen LogP contribution in [0.5, 0.6) is 5.88 Å². The average Bonchev–Trinajstić information content (AvgIpc) is 2.47. The number of rotatable bonds is 7. The van der Waals surface area contributed by atoms with E-state index in [4.69, 9.17) is 4.74 Å². The number of ether oxygens (including phenoxy) is 1. The van der Waals surface area contributed by atoms with E-state index in [0.29, 0.717) is 0 Å². The van der Waals surface area contributed by atoms with Crippen molar-refractivity contribution in [3.05, 3.63) is 23.9 Å². The molecule has 2 rings (SSSR count). The lowest BCUT2D eigenvalue weighted by Gasteiger charge is -2.30. The van der Waals surface area contributed by atoms with Crippen LogP contribution in [0.2, 0.25) is 0 Å². The van der Waals surface area contributed by atoms with Crippen molar-refractivity contribution < 1.29 is 4.74 Å². The van der Waals surface area contributed by atoms with Crippen molar-refractivity contribution in [3.63, 3.8) is 0 Å². The normalized spacial score (nSPS) is 17.3. The Labute approximate surface area is 135 Å². The molecule has 0 amide bonds. The zero-order valence-electron chi connectivity index (χ0n) is 12.0. The summed E-state index contributed by atoms with van der Waals surface area (Å²) < 4.78 is 8.03. The van der Waals surface area contributed by atoms with E-state index in [0.717, 1.165) is 45.1 Å². The third kappa shape index (κ3) is 5.51. The zero-order chi connectivity index (χ0) is 14.2. The van der Waals surface area contributed by atoms with E-state index in [1.807, 2.05) is 19.3 Å². The summed E-state index contributed by atoms with van der Waals surface area (Å²) in [5.41, 5.74) is 1.18. The first-order chi connectivity index (χ1) is 9.78. The highest BCUT2D eigenvalue weighted by Crippen LogP contribution is 2.09. The Bertz CT molecular complexity index is 379. The van der Waals surface area contributed by atoms with Crippen LogP contribution in [0.15, 0.2) is 18.3 Å². The predicted molar refractivity (Wildman–Crippen MR) is 89.1 cm³/mol. The van der Waals surface area contributed by atoms with E-state index < -0.39 is 0 Å². The lowest BCUT2D eigenvalue weighted by molar-refractivity contribution is 0.187. The van der Waals surface area contributed by atoms with E-state index in [1.54, 1.807) is 0 Å². The van der Waals surface area contributed by atoms with E-state index >= 15 is 0 Å². The maximum absolute atomic E-state index is 5.68. The summed E-state index contributed by atoms with van der Waals surface area (Å²) in [5, 5.41) is 3.10. The molecular formula is C14H23IN4O. The van der Waals surface area contributed by atoms with E-state index in [2.05, 4.69) is 47.2 Å². The van der Waals surface area contributed by atoms with Crippen molar-refractivity contribution in [2.45, 2.75) is 13.0 Å². The van der Waals surface area contributed by atoms with Crippen LogP contribution in [0.4, 0.5) is 0 Å². The van der Waals surface area contributed by atoms with Gasteiger partial charge in [0, 0.05) is 74.4 Å². The topological polar surface area (TPSA) is 40.6 Å². The molecular weight excluding hydrogens is 367 g/mol. The van der Waals surface area contributed by atoms with Gasteiger partial charge in [0.25, 0.3) is 0 Å².